The number of nitrogens with zero attached hydrogens (tertiary/aromatic N) is 3. The molecule has 0 aliphatic carbocycles. The van der Waals surface area contributed by atoms with E-state index in [4.69, 9.17) is 21.1 Å². The highest BCUT2D eigenvalue weighted by Gasteiger charge is 2.18. The number of aromatic nitrogens is 3. The predicted octanol–water partition coefficient (Wildman–Crippen LogP) is 2.89. The second-order valence-electron chi connectivity index (χ2n) is 6.43. The summed E-state index contributed by atoms with van der Waals surface area (Å²) in [5, 5.41) is 7.07. The van der Waals surface area contributed by atoms with Crippen LogP contribution in [-0.4, -0.2) is 46.4 Å². The molecule has 0 bridgehead atoms. The van der Waals surface area contributed by atoms with Crippen LogP contribution in [0.3, 0.4) is 0 Å². The Hall–Kier alpha value is -3.39. The standard InChI is InChI=1S/C21H21ClN4O4/c1-14-12-15(2)26(25-14)18-9-8-17(22)20(24-18)21(28)30-13-19(27)23-10-11-29-16-6-4-3-5-7-16/h3-9,12H,10-11,13H2,1-2H3,(H,23,27). The molecular formula is C21H21ClN4O4. The van der Waals surface area contributed by atoms with Crippen LogP contribution in [0.5, 0.6) is 5.75 Å². The van der Waals surface area contributed by atoms with Gasteiger partial charge in [-0.15, -0.1) is 0 Å². The molecule has 0 aliphatic heterocycles. The van der Waals surface area contributed by atoms with E-state index in [-0.39, 0.29) is 17.3 Å². The van der Waals surface area contributed by atoms with Crippen molar-refractivity contribution >= 4 is 23.5 Å². The lowest BCUT2D eigenvalue weighted by Gasteiger charge is -2.09. The molecule has 30 heavy (non-hydrogen) atoms. The Morgan fingerprint density at radius 2 is 1.90 bits per heavy atom. The van der Waals surface area contributed by atoms with Gasteiger partial charge in [-0.2, -0.15) is 5.10 Å². The van der Waals surface area contributed by atoms with Gasteiger partial charge in [-0.1, -0.05) is 29.8 Å². The molecule has 0 radical (unpaired) electrons. The third-order valence-electron chi connectivity index (χ3n) is 4.02. The molecule has 0 saturated carbocycles. The molecule has 0 saturated heterocycles. The minimum absolute atomic E-state index is 0.0815. The van der Waals surface area contributed by atoms with Gasteiger partial charge in [0, 0.05) is 5.69 Å². The minimum atomic E-state index is -0.793. The third kappa shape index (κ3) is 5.57. The molecule has 1 aromatic carbocycles. The normalized spacial score (nSPS) is 10.5. The average Bonchev–Trinajstić information content (AvgIpc) is 3.08. The Morgan fingerprint density at radius 3 is 2.60 bits per heavy atom. The number of pyridine rings is 1. The number of rotatable bonds is 8. The van der Waals surface area contributed by atoms with Crippen LogP contribution < -0.4 is 10.1 Å². The van der Waals surface area contributed by atoms with Gasteiger partial charge in [0.1, 0.15) is 12.4 Å². The van der Waals surface area contributed by atoms with Gasteiger partial charge in [-0.05, 0) is 44.2 Å². The monoisotopic (exact) mass is 428 g/mol. The van der Waals surface area contributed by atoms with Crippen molar-refractivity contribution < 1.29 is 19.1 Å². The average molecular weight is 429 g/mol. The molecule has 3 rings (SSSR count). The highest BCUT2D eigenvalue weighted by atomic mass is 35.5. The summed E-state index contributed by atoms with van der Waals surface area (Å²) in [6.45, 7) is 3.85. The Kier molecular flexibility index (Phi) is 7.03. The lowest BCUT2D eigenvalue weighted by atomic mass is 10.3. The summed E-state index contributed by atoms with van der Waals surface area (Å²) in [4.78, 5) is 28.5. The summed E-state index contributed by atoms with van der Waals surface area (Å²) >= 11 is 6.09. The molecule has 0 unspecified atom stereocenters. The van der Waals surface area contributed by atoms with E-state index in [0.29, 0.717) is 18.2 Å². The number of amides is 1. The zero-order chi connectivity index (χ0) is 21.5. The van der Waals surface area contributed by atoms with Gasteiger partial charge in [0.05, 0.1) is 17.3 Å². The SMILES string of the molecule is Cc1cc(C)n(-c2ccc(Cl)c(C(=O)OCC(=O)NCCOc3ccccc3)n2)n1. The molecular weight excluding hydrogens is 408 g/mol. The van der Waals surface area contributed by atoms with Gasteiger partial charge in [0.2, 0.25) is 0 Å². The van der Waals surface area contributed by atoms with Gasteiger partial charge in [0.25, 0.3) is 5.91 Å². The lowest BCUT2D eigenvalue weighted by Crippen LogP contribution is -2.32. The zero-order valence-corrected chi connectivity index (χ0v) is 17.3. The Bertz CT molecular complexity index is 1040. The highest BCUT2D eigenvalue weighted by Crippen LogP contribution is 2.18. The summed E-state index contributed by atoms with van der Waals surface area (Å²) in [7, 11) is 0. The second-order valence-corrected chi connectivity index (χ2v) is 6.83. The van der Waals surface area contributed by atoms with Crippen LogP contribution in [0.2, 0.25) is 5.02 Å². The van der Waals surface area contributed by atoms with Crippen LogP contribution in [0, 0.1) is 13.8 Å². The Balaban J connectivity index is 1.51. The van der Waals surface area contributed by atoms with Gasteiger partial charge >= 0.3 is 5.97 Å². The van der Waals surface area contributed by atoms with Gasteiger partial charge < -0.3 is 14.8 Å². The quantitative estimate of drug-likeness (QED) is 0.438. The van der Waals surface area contributed by atoms with E-state index in [1.54, 1.807) is 10.7 Å². The smallest absolute Gasteiger partial charge is 0.359 e. The Morgan fingerprint density at radius 1 is 1.13 bits per heavy atom. The molecule has 0 aliphatic rings. The molecule has 1 amide bonds. The number of aryl methyl sites for hydroxylation is 2. The van der Waals surface area contributed by atoms with Crippen molar-refractivity contribution in [3.63, 3.8) is 0 Å². The van der Waals surface area contributed by atoms with Crippen LogP contribution in [0.15, 0.2) is 48.5 Å². The molecule has 0 atom stereocenters. The van der Waals surface area contributed by atoms with E-state index >= 15 is 0 Å². The number of hydrogen-bond acceptors (Lipinski definition) is 6. The molecule has 3 aromatic rings. The first-order valence-electron chi connectivity index (χ1n) is 9.26. The van der Waals surface area contributed by atoms with Crippen molar-refractivity contribution in [1.29, 1.82) is 0 Å². The van der Waals surface area contributed by atoms with E-state index < -0.39 is 18.5 Å². The van der Waals surface area contributed by atoms with Crippen LogP contribution in [-0.2, 0) is 9.53 Å². The third-order valence-corrected chi connectivity index (χ3v) is 4.33. The molecule has 1 N–H and O–H groups in total. The number of halogens is 1. The van der Waals surface area contributed by atoms with E-state index in [2.05, 4.69) is 15.4 Å². The van der Waals surface area contributed by atoms with Crippen molar-refractivity contribution in [2.75, 3.05) is 19.8 Å². The van der Waals surface area contributed by atoms with Crippen molar-refractivity contribution in [2.45, 2.75) is 13.8 Å². The fourth-order valence-electron chi connectivity index (χ4n) is 2.68. The van der Waals surface area contributed by atoms with Crippen molar-refractivity contribution in [3.05, 3.63) is 70.6 Å². The summed E-state index contributed by atoms with van der Waals surface area (Å²) in [6, 6.07) is 14.3. The second kappa shape index (κ2) is 9.89. The molecule has 0 fully saturated rings. The van der Waals surface area contributed by atoms with E-state index in [9.17, 15) is 9.59 Å². The molecule has 9 heteroatoms. The van der Waals surface area contributed by atoms with E-state index in [1.165, 1.54) is 6.07 Å². The number of para-hydroxylation sites is 1. The fourth-order valence-corrected chi connectivity index (χ4v) is 2.86. The summed E-state index contributed by atoms with van der Waals surface area (Å²) in [5.74, 6) is -0.106. The number of nitrogens with one attached hydrogen (secondary N) is 1. The molecule has 2 aromatic heterocycles. The molecule has 0 spiro atoms. The molecule has 2 heterocycles. The molecule has 156 valence electrons. The number of esters is 1. The van der Waals surface area contributed by atoms with Crippen LogP contribution in [0.1, 0.15) is 21.9 Å². The predicted molar refractivity (Wildman–Crippen MR) is 111 cm³/mol. The number of carbonyl (C=O) groups excluding carboxylic acids is 2. The van der Waals surface area contributed by atoms with Gasteiger partial charge in [0.15, 0.2) is 18.1 Å². The summed E-state index contributed by atoms with van der Waals surface area (Å²) in [5.41, 5.74) is 1.60. The maximum Gasteiger partial charge on any atom is 0.359 e. The Labute approximate surface area is 178 Å². The lowest BCUT2D eigenvalue weighted by molar-refractivity contribution is -0.124. The minimum Gasteiger partial charge on any atom is -0.492 e. The number of ether oxygens (including phenoxy) is 2. The van der Waals surface area contributed by atoms with E-state index in [1.807, 2.05) is 50.2 Å². The zero-order valence-electron chi connectivity index (χ0n) is 16.6. The van der Waals surface area contributed by atoms with Crippen molar-refractivity contribution in [2.24, 2.45) is 0 Å². The van der Waals surface area contributed by atoms with Crippen LogP contribution in [0.4, 0.5) is 0 Å². The van der Waals surface area contributed by atoms with E-state index in [0.717, 1.165) is 11.4 Å². The summed E-state index contributed by atoms with van der Waals surface area (Å²) in [6.07, 6.45) is 0. The molecule has 8 nitrogen and oxygen atoms in total. The fraction of sp³-hybridized carbons (Fsp3) is 0.238. The first-order chi connectivity index (χ1) is 14.4. The van der Waals surface area contributed by atoms with Crippen LogP contribution >= 0.6 is 11.6 Å². The van der Waals surface area contributed by atoms with Crippen molar-refractivity contribution in [1.82, 2.24) is 20.1 Å². The number of benzene rings is 1. The highest BCUT2D eigenvalue weighted by molar-refractivity contribution is 6.33. The largest absolute Gasteiger partial charge is 0.492 e. The first kappa shape index (κ1) is 21.3. The van der Waals surface area contributed by atoms with Crippen molar-refractivity contribution in [3.8, 4) is 11.6 Å². The summed E-state index contributed by atoms with van der Waals surface area (Å²) < 4.78 is 12.1. The maximum atomic E-state index is 12.4. The van der Waals surface area contributed by atoms with Gasteiger partial charge in [-0.25, -0.2) is 14.5 Å². The van der Waals surface area contributed by atoms with Crippen LogP contribution in [0.25, 0.3) is 5.82 Å². The number of hydrogen-bond donors (Lipinski definition) is 1. The first-order valence-corrected chi connectivity index (χ1v) is 9.63. The topological polar surface area (TPSA) is 95.3 Å². The number of carbonyl (C=O) groups is 2. The maximum absolute atomic E-state index is 12.4. The van der Waals surface area contributed by atoms with Gasteiger partial charge in [-0.3, -0.25) is 4.79 Å².